The molecule has 0 aliphatic carbocycles. The van der Waals surface area contributed by atoms with Crippen LogP contribution in [0.3, 0.4) is 0 Å². The van der Waals surface area contributed by atoms with Gasteiger partial charge in [-0.15, -0.1) is 0 Å². The summed E-state index contributed by atoms with van der Waals surface area (Å²) in [4.78, 5) is 16.4. The molecular formula is C21H28ClN9O. The number of ether oxygens (including phenoxy) is 1. The lowest BCUT2D eigenvalue weighted by Crippen LogP contribution is -2.04. The average molecular weight is 458 g/mol. The minimum atomic E-state index is 0.388. The van der Waals surface area contributed by atoms with E-state index in [1.807, 2.05) is 15.4 Å². The lowest BCUT2D eigenvalue weighted by atomic mass is 10.1. The highest BCUT2D eigenvalue weighted by atomic mass is 35.5. The number of methoxy groups -OCH3 is 1. The molecule has 0 saturated carbocycles. The lowest BCUT2D eigenvalue weighted by molar-refractivity contribution is 0.194. The van der Waals surface area contributed by atoms with Crippen molar-refractivity contribution in [3.63, 3.8) is 0 Å². The summed E-state index contributed by atoms with van der Waals surface area (Å²) in [7, 11) is 1.73. The van der Waals surface area contributed by atoms with Crippen molar-refractivity contribution in [3.8, 4) is 11.1 Å². The molecule has 0 spiro atoms. The van der Waals surface area contributed by atoms with E-state index in [2.05, 4.69) is 32.0 Å². The topological polar surface area (TPSA) is 136 Å². The van der Waals surface area contributed by atoms with E-state index in [0.29, 0.717) is 22.2 Å². The van der Waals surface area contributed by atoms with Gasteiger partial charge in [-0.05, 0) is 18.9 Å². The van der Waals surface area contributed by atoms with Crippen LogP contribution in [0.1, 0.15) is 26.2 Å². The van der Waals surface area contributed by atoms with Crippen LogP contribution in [0.25, 0.3) is 22.3 Å². The smallest absolute Gasteiger partial charge is 0.165 e. The fourth-order valence-electron chi connectivity index (χ4n) is 3.06. The molecule has 0 atom stereocenters. The molecule has 4 N–H and O–H groups in total. The minimum Gasteiger partial charge on any atom is -0.385 e. The van der Waals surface area contributed by atoms with Crippen LogP contribution >= 0.6 is 11.6 Å². The number of rotatable bonds is 8. The number of anilines is 2. The Morgan fingerprint density at radius 3 is 2.66 bits per heavy atom. The van der Waals surface area contributed by atoms with Crippen molar-refractivity contribution in [2.24, 2.45) is 0 Å². The molecule has 4 aromatic heterocycles. The second-order valence-electron chi connectivity index (χ2n) is 7.15. The molecule has 0 aromatic carbocycles. The first kappa shape index (κ1) is 23.4. The Hall–Kier alpha value is -3.24. The van der Waals surface area contributed by atoms with Crippen LogP contribution in [0.4, 0.5) is 11.6 Å². The van der Waals surface area contributed by atoms with Crippen LogP contribution in [0, 0.1) is 0 Å². The summed E-state index contributed by atoms with van der Waals surface area (Å²) in [5, 5.41) is 4.93. The molecular weight excluding hydrogens is 430 g/mol. The quantitative estimate of drug-likeness (QED) is 0.384. The first-order valence-electron chi connectivity index (χ1n) is 10.4. The van der Waals surface area contributed by atoms with Gasteiger partial charge in [0.15, 0.2) is 11.5 Å². The second kappa shape index (κ2) is 11.4. The van der Waals surface area contributed by atoms with Gasteiger partial charge >= 0.3 is 0 Å². The van der Waals surface area contributed by atoms with Gasteiger partial charge in [0, 0.05) is 50.3 Å². The van der Waals surface area contributed by atoms with Crippen molar-refractivity contribution in [1.82, 2.24) is 34.3 Å². The number of nitrogens with zero attached hydrogens (tertiary/aromatic N) is 7. The van der Waals surface area contributed by atoms with Crippen molar-refractivity contribution in [1.29, 1.82) is 0 Å². The largest absolute Gasteiger partial charge is 0.385 e. The Labute approximate surface area is 191 Å². The van der Waals surface area contributed by atoms with Crippen LogP contribution in [0.15, 0.2) is 37.3 Å². The third-order valence-electron chi connectivity index (χ3n) is 4.74. The molecule has 0 saturated heterocycles. The first-order valence-corrected chi connectivity index (χ1v) is 10.7. The minimum absolute atomic E-state index is 0.388. The fourth-order valence-corrected chi connectivity index (χ4v) is 3.27. The van der Waals surface area contributed by atoms with Gasteiger partial charge in [0.25, 0.3) is 0 Å². The molecule has 0 unspecified atom stereocenters. The SMILES string of the molecule is CCCCOC.Nc1cc(-c2cnn(CCCn3cnc4c(N)ncnc43)c2)c(Cl)cn1. The van der Waals surface area contributed by atoms with Gasteiger partial charge in [0.2, 0.25) is 0 Å². The van der Waals surface area contributed by atoms with Crippen molar-refractivity contribution in [2.45, 2.75) is 39.3 Å². The molecule has 0 bridgehead atoms. The number of imidazole rings is 1. The summed E-state index contributed by atoms with van der Waals surface area (Å²) in [6, 6.07) is 1.74. The number of pyridine rings is 1. The zero-order chi connectivity index (χ0) is 22.9. The molecule has 11 heteroatoms. The summed E-state index contributed by atoms with van der Waals surface area (Å²) in [5.41, 5.74) is 14.6. The van der Waals surface area contributed by atoms with Crippen LogP contribution in [-0.2, 0) is 17.8 Å². The van der Waals surface area contributed by atoms with E-state index >= 15 is 0 Å². The molecule has 4 heterocycles. The molecule has 4 aromatic rings. The van der Waals surface area contributed by atoms with Gasteiger partial charge in [-0.1, -0.05) is 24.9 Å². The van der Waals surface area contributed by atoms with Gasteiger partial charge in [0.05, 0.1) is 17.5 Å². The number of fused-ring (bicyclic) bond motifs is 1. The predicted octanol–water partition coefficient (Wildman–Crippen LogP) is 3.43. The Kier molecular flexibility index (Phi) is 8.34. The van der Waals surface area contributed by atoms with Gasteiger partial charge in [-0.25, -0.2) is 19.9 Å². The molecule has 10 nitrogen and oxygen atoms in total. The molecule has 0 aliphatic rings. The number of aryl methyl sites for hydroxylation is 2. The van der Waals surface area contributed by atoms with Gasteiger partial charge < -0.3 is 20.8 Å². The molecule has 170 valence electrons. The molecule has 32 heavy (non-hydrogen) atoms. The Balaban J connectivity index is 0.000000427. The third kappa shape index (κ3) is 5.92. The normalized spacial score (nSPS) is 10.8. The highest BCUT2D eigenvalue weighted by Crippen LogP contribution is 2.28. The van der Waals surface area contributed by atoms with Crippen molar-refractivity contribution in [2.75, 3.05) is 25.2 Å². The molecule has 0 fully saturated rings. The molecule has 0 amide bonds. The molecule has 4 rings (SSSR count). The van der Waals surface area contributed by atoms with Crippen LogP contribution < -0.4 is 11.5 Å². The number of nitrogens with two attached hydrogens (primary N) is 2. The van der Waals surface area contributed by atoms with Gasteiger partial charge in [0.1, 0.15) is 17.7 Å². The summed E-state index contributed by atoms with van der Waals surface area (Å²) in [5.74, 6) is 0.810. The van der Waals surface area contributed by atoms with Crippen LogP contribution in [0.5, 0.6) is 0 Å². The van der Waals surface area contributed by atoms with E-state index in [-0.39, 0.29) is 0 Å². The maximum atomic E-state index is 6.19. The number of aromatic nitrogens is 7. The maximum absolute atomic E-state index is 6.19. The average Bonchev–Trinajstić information content (AvgIpc) is 3.43. The number of unbranched alkanes of at least 4 members (excludes halogenated alkanes) is 1. The van der Waals surface area contributed by atoms with Crippen LogP contribution in [-0.4, -0.2) is 48.0 Å². The number of halogens is 1. The number of hydrogen-bond donors (Lipinski definition) is 2. The zero-order valence-electron chi connectivity index (χ0n) is 18.3. The Bertz CT molecular complexity index is 1140. The third-order valence-corrected chi connectivity index (χ3v) is 5.04. The van der Waals surface area contributed by atoms with E-state index < -0.39 is 0 Å². The van der Waals surface area contributed by atoms with Crippen molar-refractivity contribution < 1.29 is 4.74 Å². The molecule has 0 radical (unpaired) electrons. The van der Waals surface area contributed by atoms with Gasteiger partial charge in [-0.3, -0.25) is 4.68 Å². The summed E-state index contributed by atoms with van der Waals surface area (Å²) in [6.07, 6.45) is 11.7. The Morgan fingerprint density at radius 1 is 1.06 bits per heavy atom. The Morgan fingerprint density at radius 2 is 1.91 bits per heavy atom. The zero-order valence-corrected chi connectivity index (χ0v) is 19.0. The number of hydrogen-bond acceptors (Lipinski definition) is 8. The highest BCUT2D eigenvalue weighted by Gasteiger charge is 2.09. The van der Waals surface area contributed by atoms with E-state index in [1.54, 1.807) is 31.9 Å². The lowest BCUT2D eigenvalue weighted by Gasteiger charge is -2.04. The fraction of sp³-hybridized carbons (Fsp3) is 0.381. The van der Waals surface area contributed by atoms with Crippen molar-refractivity contribution in [3.05, 3.63) is 42.3 Å². The first-order chi connectivity index (χ1) is 15.5. The van der Waals surface area contributed by atoms with Gasteiger partial charge in [-0.2, -0.15) is 5.10 Å². The van der Waals surface area contributed by atoms with E-state index in [0.717, 1.165) is 42.9 Å². The van der Waals surface area contributed by atoms with Crippen LogP contribution in [0.2, 0.25) is 5.02 Å². The second-order valence-corrected chi connectivity index (χ2v) is 7.56. The predicted molar refractivity (Wildman–Crippen MR) is 126 cm³/mol. The van der Waals surface area contributed by atoms with E-state index in [4.69, 9.17) is 27.8 Å². The van der Waals surface area contributed by atoms with E-state index in [1.165, 1.54) is 19.2 Å². The molecule has 0 aliphatic heterocycles. The summed E-state index contributed by atoms with van der Waals surface area (Å²) >= 11 is 6.19. The monoisotopic (exact) mass is 457 g/mol. The maximum Gasteiger partial charge on any atom is 0.165 e. The van der Waals surface area contributed by atoms with Crippen molar-refractivity contribution >= 4 is 34.4 Å². The van der Waals surface area contributed by atoms with E-state index in [9.17, 15) is 0 Å². The standard InChI is InChI=1S/C16H16ClN9.C5H12O/c17-12-6-20-13(18)4-11(12)10-5-24-26(7-10)3-1-2-25-9-23-14-15(19)21-8-22-16(14)25;1-3-4-5-6-2/h4-9H,1-3H2,(H2,18,20)(H2,19,21,22);3-5H2,1-2H3. The summed E-state index contributed by atoms with van der Waals surface area (Å²) < 4.78 is 8.60. The highest BCUT2D eigenvalue weighted by molar-refractivity contribution is 6.33. The summed E-state index contributed by atoms with van der Waals surface area (Å²) in [6.45, 7) is 4.54. The number of nitrogen functional groups attached to an aromatic ring is 2.